The first-order valence-electron chi connectivity index (χ1n) is 4.87. The van der Waals surface area contributed by atoms with Gasteiger partial charge in [0.25, 0.3) is 0 Å². The molecule has 0 aromatic carbocycles. The highest BCUT2D eigenvalue weighted by molar-refractivity contribution is 7.16. The first-order chi connectivity index (χ1) is 6.54. The van der Waals surface area contributed by atoms with Crippen LogP contribution in [0.5, 0.6) is 0 Å². The fourth-order valence-electron chi connectivity index (χ4n) is 1.61. The molecule has 1 nitrogen and oxygen atoms in total. The molecule has 2 heteroatoms. The van der Waals surface area contributed by atoms with E-state index in [1.165, 1.54) is 10.9 Å². The fourth-order valence-corrected chi connectivity index (χ4v) is 2.33. The Bertz CT molecular complexity index is 437. The molecule has 0 spiro atoms. The van der Waals surface area contributed by atoms with Crippen molar-refractivity contribution >= 4 is 21.6 Å². The summed E-state index contributed by atoms with van der Waals surface area (Å²) in [5, 5.41) is 3.37. The van der Waals surface area contributed by atoms with Crippen molar-refractivity contribution in [3.63, 3.8) is 0 Å². The van der Waals surface area contributed by atoms with Crippen molar-refractivity contribution in [2.24, 2.45) is 5.41 Å². The molecule has 0 aliphatic rings. The average Bonchev–Trinajstić information content (AvgIpc) is 2.47. The standard InChI is InChI=1S/C12H15NS/c1-12(2,3)7-9-6-10-4-5-14-11(10)13-8-9/h4-6,8H,7H2,1-3H3. The number of hydrogen-bond donors (Lipinski definition) is 0. The number of fused-ring (bicyclic) bond motifs is 1. The largest absolute Gasteiger partial charge is 0.245 e. The Kier molecular flexibility index (Phi) is 2.31. The molecule has 0 fully saturated rings. The van der Waals surface area contributed by atoms with Gasteiger partial charge >= 0.3 is 0 Å². The summed E-state index contributed by atoms with van der Waals surface area (Å²) in [5.41, 5.74) is 1.68. The zero-order valence-corrected chi connectivity index (χ0v) is 9.69. The van der Waals surface area contributed by atoms with E-state index in [1.807, 2.05) is 6.20 Å². The van der Waals surface area contributed by atoms with Crippen molar-refractivity contribution in [1.29, 1.82) is 0 Å². The summed E-state index contributed by atoms with van der Waals surface area (Å²) in [6.07, 6.45) is 3.09. The van der Waals surface area contributed by atoms with Crippen LogP contribution in [-0.2, 0) is 6.42 Å². The maximum atomic E-state index is 4.44. The van der Waals surface area contributed by atoms with Crippen molar-refractivity contribution in [1.82, 2.24) is 4.98 Å². The Hall–Kier alpha value is -0.890. The number of thiophene rings is 1. The third kappa shape index (κ3) is 2.13. The van der Waals surface area contributed by atoms with Gasteiger partial charge in [-0.25, -0.2) is 4.98 Å². The predicted molar refractivity (Wildman–Crippen MR) is 62.8 cm³/mol. The van der Waals surface area contributed by atoms with Gasteiger partial charge in [-0.2, -0.15) is 0 Å². The molecule has 0 N–H and O–H groups in total. The number of aromatic nitrogens is 1. The predicted octanol–water partition coefficient (Wildman–Crippen LogP) is 3.88. The molecule has 0 unspecified atom stereocenters. The van der Waals surface area contributed by atoms with Gasteiger partial charge in [0.1, 0.15) is 4.83 Å². The number of hydrogen-bond acceptors (Lipinski definition) is 2. The molecule has 0 aliphatic carbocycles. The monoisotopic (exact) mass is 205 g/mol. The Morgan fingerprint density at radius 2 is 2.14 bits per heavy atom. The molecule has 0 aliphatic heterocycles. The second kappa shape index (κ2) is 3.35. The van der Waals surface area contributed by atoms with Crippen LogP contribution in [0.1, 0.15) is 26.3 Å². The topological polar surface area (TPSA) is 12.9 Å². The van der Waals surface area contributed by atoms with Gasteiger partial charge in [0.15, 0.2) is 0 Å². The Balaban J connectivity index is 2.35. The van der Waals surface area contributed by atoms with E-state index in [0.717, 1.165) is 11.3 Å². The lowest BCUT2D eigenvalue weighted by molar-refractivity contribution is 0.411. The second-order valence-corrected chi connectivity index (χ2v) is 5.79. The summed E-state index contributed by atoms with van der Waals surface area (Å²) in [5.74, 6) is 0. The summed E-state index contributed by atoms with van der Waals surface area (Å²) in [4.78, 5) is 5.59. The van der Waals surface area contributed by atoms with E-state index >= 15 is 0 Å². The van der Waals surface area contributed by atoms with Crippen LogP contribution >= 0.6 is 11.3 Å². The highest BCUT2D eigenvalue weighted by atomic mass is 32.1. The van der Waals surface area contributed by atoms with Crippen LogP contribution in [-0.4, -0.2) is 4.98 Å². The van der Waals surface area contributed by atoms with Gasteiger partial charge in [0, 0.05) is 11.6 Å². The maximum absolute atomic E-state index is 4.44. The smallest absolute Gasteiger partial charge is 0.123 e. The quantitative estimate of drug-likeness (QED) is 0.688. The molecule has 14 heavy (non-hydrogen) atoms. The molecular weight excluding hydrogens is 190 g/mol. The molecule has 2 aromatic heterocycles. The van der Waals surface area contributed by atoms with E-state index in [-0.39, 0.29) is 0 Å². The molecule has 0 radical (unpaired) electrons. The van der Waals surface area contributed by atoms with E-state index in [1.54, 1.807) is 11.3 Å². The van der Waals surface area contributed by atoms with E-state index in [9.17, 15) is 0 Å². The first kappa shape index (κ1) is 9.66. The van der Waals surface area contributed by atoms with Crippen LogP contribution in [0, 0.1) is 5.41 Å². The van der Waals surface area contributed by atoms with E-state index < -0.39 is 0 Å². The Labute approximate surface area is 88.8 Å². The van der Waals surface area contributed by atoms with Gasteiger partial charge in [-0.1, -0.05) is 20.8 Å². The summed E-state index contributed by atoms with van der Waals surface area (Å²) in [6.45, 7) is 6.76. The normalized spacial score (nSPS) is 12.2. The zero-order chi connectivity index (χ0) is 10.2. The molecule has 0 saturated heterocycles. The van der Waals surface area contributed by atoms with Crippen LogP contribution in [0.4, 0.5) is 0 Å². The van der Waals surface area contributed by atoms with Gasteiger partial charge in [-0.15, -0.1) is 11.3 Å². The highest BCUT2D eigenvalue weighted by Gasteiger charge is 2.11. The third-order valence-corrected chi connectivity index (χ3v) is 2.93. The van der Waals surface area contributed by atoms with Crippen molar-refractivity contribution in [3.8, 4) is 0 Å². The first-order valence-corrected chi connectivity index (χ1v) is 5.75. The number of rotatable bonds is 1. The summed E-state index contributed by atoms with van der Waals surface area (Å²) >= 11 is 1.70. The minimum Gasteiger partial charge on any atom is -0.245 e. The Morgan fingerprint density at radius 1 is 1.36 bits per heavy atom. The molecular formula is C12H15NS. The van der Waals surface area contributed by atoms with Gasteiger partial charge in [0.2, 0.25) is 0 Å². The van der Waals surface area contributed by atoms with Crippen LogP contribution in [0.3, 0.4) is 0 Å². The SMILES string of the molecule is CC(C)(C)Cc1cnc2sccc2c1. The lowest BCUT2D eigenvalue weighted by Gasteiger charge is -2.17. The fraction of sp³-hybridized carbons (Fsp3) is 0.417. The molecule has 2 aromatic rings. The zero-order valence-electron chi connectivity index (χ0n) is 8.87. The summed E-state index contributed by atoms with van der Waals surface area (Å²) < 4.78 is 0. The number of nitrogens with zero attached hydrogens (tertiary/aromatic N) is 1. The van der Waals surface area contributed by atoms with Crippen LogP contribution < -0.4 is 0 Å². The van der Waals surface area contributed by atoms with Crippen molar-refractivity contribution < 1.29 is 0 Å². The molecule has 2 heterocycles. The molecule has 0 amide bonds. The molecule has 74 valence electrons. The molecule has 0 bridgehead atoms. The van der Waals surface area contributed by atoms with Crippen LogP contribution in [0.15, 0.2) is 23.7 Å². The molecule has 0 atom stereocenters. The van der Waals surface area contributed by atoms with Crippen molar-refractivity contribution in [2.45, 2.75) is 27.2 Å². The van der Waals surface area contributed by atoms with Crippen molar-refractivity contribution in [3.05, 3.63) is 29.3 Å². The minimum absolute atomic E-state index is 0.339. The van der Waals surface area contributed by atoms with E-state index in [2.05, 4.69) is 43.3 Å². The average molecular weight is 205 g/mol. The third-order valence-electron chi connectivity index (χ3n) is 2.10. The summed E-state index contributed by atoms with van der Waals surface area (Å²) in [6, 6.07) is 4.39. The highest BCUT2D eigenvalue weighted by Crippen LogP contribution is 2.24. The van der Waals surface area contributed by atoms with Gasteiger partial charge in [-0.3, -0.25) is 0 Å². The summed E-state index contributed by atoms with van der Waals surface area (Å²) in [7, 11) is 0. The lowest BCUT2D eigenvalue weighted by Crippen LogP contribution is -2.09. The number of pyridine rings is 1. The van der Waals surface area contributed by atoms with E-state index in [4.69, 9.17) is 0 Å². The van der Waals surface area contributed by atoms with Crippen LogP contribution in [0.25, 0.3) is 10.2 Å². The minimum atomic E-state index is 0.339. The van der Waals surface area contributed by atoms with Crippen LogP contribution in [0.2, 0.25) is 0 Å². The Morgan fingerprint density at radius 3 is 2.86 bits per heavy atom. The molecule has 2 rings (SSSR count). The van der Waals surface area contributed by atoms with E-state index in [0.29, 0.717) is 5.41 Å². The second-order valence-electron chi connectivity index (χ2n) is 4.90. The van der Waals surface area contributed by atoms with Gasteiger partial charge in [-0.05, 0) is 34.9 Å². The van der Waals surface area contributed by atoms with Gasteiger partial charge in [0.05, 0.1) is 0 Å². The molecule has 0 saturated carbocycles. The van der Waals surface area contributed by atoms with Crippen molar-refractivity contribution in [2.75, 3.05) is 0 Å². The van der Waals surface area contributed by atoms with Gasteiger partial charge < -0.3 is 0 Å². The maximum Gasteiger partial charge on any atom is 0.123 e. The lowest BCUT2D eigenvalue weighted by atomic mass is 9.89.